The maximum absolute atomic E-state index is 7.30. The minimum absolute atomic E-state index is 0.205. The summed E-state index contributed by atoms with van der Waals surface area (Å²) in [5, 5.41) is 3.74. The second kappa shape index (κ2) is 10.6. The molecule has 1 aromatic heterocycles. The zero-order valence-corrected chi connectivity index (χ0v) is 24.4. The van der Waals surface area contributed by atoms with Gasteiger partial charge in [-0.3, -0.25) is 0 Å². The lowest BCUT2D eigenvalue weighted by atomic mass is 10.1. The zero-order chi connectivity index (χ0) is 24.3. The highest BCUT2D eigenvalue weighted by Gasteiger charge is 2.50. The van der Waals surface area contributed by atoms with Crippen molar-refractivity contribution in [3.05, 3.63) is 12.7 Å². The number of hydrogen-bond acceptors (Lipinski definition) is 6. The van der Waals surface area contributed by atoms with Crippen LogP contribution < -0.4 is 5.32 Å². The molecule has 32 heavy (non-hydrogen) atoms. The van der Waals surface area contributed by atoms with Crippen LogP contribution in [0.5, 0.6) is 0 Å². The van der Waals surface area contributed by atoms with Gasteiger partial charge in [-0.25, -0.2) is 15.0 Å². The third-order valence-corrected chi connectivity index (χ3v) is 18.6. The van der Waals surface area contributed by atoms with Gasteiger partial charge in [0.25, 0.3) is 0 Å². The molecule has 1 aromatic rings. The maximum atomic E-state index is 7.30. The molecule has 6 nitrogen and oxygen atoms in total. The van der Waals surface area contributed by atoms with Crippen molar-refractivity contribution in [3.63, 3.8) is 0 Å². The van der Waals surface area contributed by atoms with Crippen LogP contribution in [0.2, 0.25) is 34.8 Å². The second-order valence-electron chi connectivity index (χ2n) is 12.1. The Hall–Kier alpha value is -0.836. The van der Waals surface area contributed by atoms with E-state index >= 15 is 0 Å². The Kier molecular flexibility index (Phi) is 9.09. The van der Waals surface area contributed by atoms with Gasteiger partial charge in [0, 0.05) is 18.6 Å². The summed E-state index contributed by atoms with van der Waals surface area (Å²) < 4.78 is 14.0. The zero-order valence-electron chi connectivity index (χ0n) is 22.4. The highest BCUT2D eigenvalue weighted by Crippen LogP contribution is 2.46. The average molecular weight is 481 g/mol. The van der Waals surface area contributed by atoms with E-state index in [1.807, 2.05) is 0 Å². The van der Waals surface area contributed by atoms with E-state index in [4.69, 9.17) is 8.85 Å². The normalized spacial score (nSPS) is 22.9. The molecule has 0 bridgehead atoms. The summed E-state index contributed by atoms with van der Waals surface area (Å²) in [6.45, 7) is 26.6. The molecule has 1 saturated carbocycles. The Morgan fingerprint density at radius 3 is 1.97 bits per heavy atom. The first-order valence-electron chi connectivity index (χ1n) is 12.4. The quantitative estimate of drug-likeness (QED) is 0.378. The van der Waals surface area contributed by atoms with E-state index in [0.717, 1.165) is 19.4 Å². The monoisotopic (exact) mass is 480 g/mol. The van der Waals surface area contributed by atoms with Gasteiger partial charge in [0.2, 0.25) is 14.3 Å². The first-order valence-corrected chi connectivity index (χ1v) is 17.5. The van der Waals surface area contributed by atoms with E-state index in [1.165, 1.54) is 0 Å². The molecule has 2 rings (SSSR count). The minimum Gasteiger partial charge on any atom is -0.416 e. The molecule has 1 N–H and O–H groups in total. The number of anilines is 1. The van der Waals surface area contributed by atoms with E-state index in [9.17, 15) is 0 Å². The van der Waals surface area contributed by atoms with Gasteiger partial charge >= 0.3 is 0 Å². The van der Waals surface area contributed by atoms with Gasteiger partial charge in [0.1, 0.15) is 12.7 Å². The van der Waals surface area contributed by atoms with Crippen LogP contribution in [0.3, 0.4) is 0 Å². The molecule has 8 heteroatoms. The molecule has 0 aromatic carbocycles. The molecular weight excluding hydrogens is 432 g/mol. The molecule has 1 heterocycles. The van der Waals surface area contributed by atoms with E-state index in [-0.39, 0.29) is 17.2 Å². The topological polar surface area (TPSA) is 69.2 Å². The van der Waals surface area contributed by atoms with Crippen LogP contribution in [0.15, 0.2) is 12.7 Å². The number of hydrogen-bond donors (Lipinski definition) is 1. The molecule has 1 fully saturated rings. The molecule has 0 unspecified atom stereocenters. The van der Waals surface area contributed by atoms with Gasteiger partial charge in [-0.15, -0.1) is 0 Å². The summed E-state index contributed by atoms with van der Waals surface area (Å²) in [7, 11) is -3.80. The Labute approximate surface area is 199 Å². The van der Waals surface area contributed by atoms with Gasteiger partial charge in [-0.05, 0) is 47.6 Å². The molecule has 0 aliphatic heterocycles. The number of nitrogens with one attached hydrogen (secondary N) is 1. The van der Waals surface area contributed by atoms with Crippen LogP contribution in [0.1, 0.15) is 75.2 Å². The Bertz CT molecular complexity index is 686. The molecule has 0 radical (unpaired) electrons. The van der Waals surface area contributed by atoms with Crippen LogP contribution in [0.25, 0.3) is 0 Å². The third-order valence-electron chi connectivity index (χ3n) is 7.98. The van der Waals surface area contributed by atoms with Gasteiger partial charge in [-0.1, -0.05) is 62.3 Å². The van der Waals surface area contributed by atoms with Crippen molar-refractivity contribution < 1.29 is 8.85 Å². The summed E-state index contributed by atoms with van der Waals surface area (Å²) in [5.41, 5.74) is 1.71. The smallest absolute Gasteiger partial charge is 0.225 e. The molecule has 3 atom stereocenters. The van der Waals surface area contributed by atoms with Crippen LogP contribution in [0.4, 0.5) is 5.95 Å². The fraction of sp³-hybridized carbons (Fsp3) is 0.875. The van der Waals surface area contributed by atoms with Gasteiger partial charge in [-0.2, -0.15) is 0 Å². The number of nitrogens with zero attached hydrogens (tertiary/aromatic N) is 3. The Balaban J connectivity index is 2.25. The average Bonchev–Trinajstić information content (AvgIpc) is 3.04. The first-order chi connectivity index (χ1) is 14.7. The largest absolute Gasteiger partial charge is 0.416 e. The van der Waals surface area contributed by atoms with Crippen molar-refractivity contribution in [1.82, 2.24) is 15.0 Å². The lowest BCUT2D eigenvalue weighted by Crippen LogP contribution is -2.51. The van der Waals surface area contributed by atoms with Crippen molar-refractivity contribution in [1.29, 1.82) is 0 Å². The molecule has 0 spiro atoms. The minimum atomic E-state index is -1.98. The van der Waals surface area contributed by atoms with Gasteiger partial charge < -0.3 is 14.2 Å². The second-order valence-corrected chi connectivity index (χ2v) is 22.3. The van der Waals surface area contributed by atoms with Gasteiger partial charge in [0.05, 0.1) is 6.10 Å². The Morgan fingerprint density at radius 2 is 1.50 bits per heavy atom. The highest BCUT2D eigenvalue weighted by atomic mass is 28.4. The molecule has 1 aliphatic carbocycles. The SMILES string of the molecule is CC(C)[Si](O[C@H]1C[C@H](Nc2ncncn2)C[C@@H]1CO[Si](C)(C)C(C)(C)C)(C(C)C)C(C)C. The van der Waals surface area contributed by atoms with Crippen molar-refractivity contribution in [3.8, 4) is 0 Å². The third kappa shape index (κ3) is 6.18. The predicted molar refractivity (Wildman–Crippen MR) is 139 cm³/mol. The summed E-state index contributed by atoms with van der Waals surface area (Å²) in [6, 6.07) is 0.286. The van der Waals surface area contributed by atoms with Crippen molar-refractivity contribution in [2.24, 2.45) is 5.92 Å². The van der Waals surface area contributed by atoms with E-state index in [2.05, 4.69) is 95.7 Å². The van der Waals surface area contributed by atoms with Crippen LogP contribution in [-0.2, 0) is 8.85 Å². The van der Waals surface area contributed by atoms with Crippen molar-refractivity contribution >= 4 is 22.6 Å². The standard InChI is InChI=1S/C24H48N4O2Si2/c1-17(2)32(18(3)4,19(5)6)30-22-13-21(28-23-26-15-25-16-27-23)12-20(22)14-29-31(10,11)24(7,8)9/h15-22H,12-14H2,1-11H3,(H,25,26,27,28)/t20-,21-,22+/m1/s1. The highest BCUT2D eigenvalue weighted by molar-refractivity contribution is 6.77. The fourth-order valence-electron chi connectivity index (χ4n) is 5.22. The van der Waals surface area contributed by atoms with Crippen molar-refractivity contribution in [2.75, 3.05) is 11.9 Å². The fourth-order valence-corrected chi connectivity index (χ4v) is 11.9. The summed E-state index contributed by atoms with van der Waals surface area (Å²) in [5.74, 6) is 1.03. The Morgan fingerprint density at radius 1 is 0.969 bits per heavy atom. The molecule has 184 valence electrons. The van der Waals surface area contributed by atoms with Crippen LogP contribution in [0, 0.1) is 5.92 Å². The van der Waals surface area contributed by atoms with E-state index < -0.39 is 16.6 Å². The van der Waals surface area contributed by atoms with E-state index in [0.29, 0.717) is 28.5 Å². The lowest BCUT2D eigenvalue weighted by Gasteiger charge is -2.45. The molecular formula is C24H48N4O2Si2. The summed E-state index contributed by atoms with van der Waals surface area (Å²) >= 11 is 0. The lowest BCUT2D eigenvalue weighted by molar-refractivity contribution is 0.0971. The summed E-state index contributed by atoms with van der Waals surface area (Å²) in [6.07, 6.45) is 5.29. The number of aromatic nitrogens is 3. The summed E-state index contributed by atoms with van der Waals surface area (Å²) in [4.78, 5) is 12.5. The molecule has 0 amide bonds. The maximum Gasteiger partial charge on any atom is 0.225 e. The van der Waals surface area contributed by atoms with E-state index in [1.54, 1.807) is 12.7 Å². The predicted octanol–water partition coefficient (Wildman–Crippen LogP) is 6.64. The number of rotatable bonds is 10. The van der Waals surface area contributed by atoms with Crippen LogP contribution in [-0.4, -0.2) is 50.3 Å². The molecule has 0 saturated heterocycles. The van der Waals surface area contributed by atoms with Gasteiger partial charge in [0.15, 0.2) is 8.32 Å². The van der Waals surface area contributed by atoms with Crippen LogP contribution >= 0.6 is 0 Å². The first kappa shape index (κ1) is 27.4. The molecule has 1 aliphatic rings. The van der Waals surface area contributed by atoms with Crippen molar-refractivity contribution in [2.45, 2.75) is 122 Å².